The molecule has 0 atom stereocenters. The van der Waals surface area contributed by atoms with Gasteiger partial charge in [0.15, 0.2) is 5.16 Å². The Bertz CT molecular complexity index is 1150. The van der Waals surface area contributed by atoms with Crippen LogP contribution in [0.5, 0.6) is 0 Å². The first-order valence-corrected chi connectivity index (χ1v) is 12.3. The average Bonchev–Trinajstić information content (AvgIpc) is 3.18. The molecule has 7 heteroatoms. The van der Waals surface area contributed by atoms with E-state index in [1.54, 1.807) is 4.57 Å². The Kier molecular flexibility index (Phi) is 5.85. The van der Waals surface area contributed by atoms with Gasteiger partial charge in [-0.2, -0.15) is 0 Å². The zero-order chi connectivity index (χ0) is 21.2. The molecular formula is C24H28N4O2S. The van der Waals surface area contributed by atoms with E-state index in [9.17, 15) is 9.59 Å². The van der Waals surface area contributed by atoms with E-state index in [1.807, 2.05) is 30.3 Å². The summed E-state index contributed by atoms with van der Waals surface area (Å²) in [7, 11) is 0. The normalized spacial score (nSPS) is 16.9. The number of carbonyl (C=O) groups excluding carboxylic acids is 1. The van der Waals surface area contributed by atoms with Crippen LogP contribution >= 0.6 is 11.8 Å². The maximum absolute atomic E-state index is 13.5. The number of nitrogens with zero attached hydrogens (tertiary/aromatic N) is 2. The van der Waals surface area contributed by atoms with Crippen molar-refractivity contribution in [2.45, 2.75) is 69.0 Å². The lowest BCUT2D eigenvalue weighted by molar-refractivity contribution is -0.119. The van der Waals surface area contributed by atoms with Crippen LogP contribution in [-0.2, 0) is 17.6 Å². The van der Waals surface area contributed by atoms with Crippen molar-refractivity contribution in [3.8, 4) is 5.69 Å². The Hall–Kier alpha value is -2.54. The molecule has 2 N–H and O–H groups in total. The Balaban J connectivity index is 1.49. The van der Waals surface area contributed by atoms with Crippen molar-refractivity contribution in [2.24, 2.45) is 0 Å². The standard InChI is InChI=1S/C24H28N4O2S/c29-20(25-16-9-3-1-4-10-16)15-31-24-27-21-18-13-7-8-14-19(18)26-22(21)23(30)28(24)17-11-5-2-6-12-17/h2,5-6,11-12,16,26H,1,3-4,7-10,13-15H2,(H,25,29). The maximum Gasteiger partial charge on any atom is 0.283 e. The molecule has 1 aromatic carbocycles. The predicted molar refractivity (Wildman–Crippen MR) is 124 cm³/mol. The molecule has 0 bridgehead atoms. The van der Waals surface area contributed by atoms with Crippen LogP contribution in [0.2, 0.25) is 0 Å². The third-order valence-electron chi connectivity index (χ3n) is 6.40. The minimum atomic E-state index is -0.0965. The Labute approximate surface area is 185 Å². The second-order valence-electron chi connectivity index (χ2n) is 8.57. The molecule has 6 nitrogen and oxygen atoms in total. The van der Waals surface area contributed by atoms with Crippen molar-refractivity contribution >= 4 is 28.7 Å². The van der Waals surface area contributed by atoms with Gasteiger partial charge in [0.2, 0.25) is 5.91 Å². The SMILES string of the molecule is O=C(CSc1nc2c3c([nH]c2c(=O)n1-c1ccccc1)CCCC3)NC1CCCCC1. The Morgan fingerprint density at radius 1 is 1.10 bits per heavy atom. The van der Waals surface area contributed by atoms with Crippen LogP contribution in [0, 0.1) is 0 Å². The fraction of sp³-hybridized carbons (Fsp3) is 0.458. The first-order chi connectivity index (χ1) is 15.2. The number of thioether (sulfide) groups is 1. The molecule has 0 spiro atoms. The number of nitrogens with one attached hydrogen (secondary N) is 2. The molecule has 3 aromatic rings. The molecule has 2 aromatic heterocycles. The molecule has 1 amide bonds. The molecule has 0 unspecified atom stereocenters. The number of amides is 1. The minimum Gasteiger partial charge on any atom is -0.353 e. The van der Waals surface area contributed by atoms with Crippen molar-refractivity contribution in [1.29, 1.82) is 0 Å². The summed E-state index contributed by atoms with van der Waals surface area (Å²) in [5, 5.41) is 3.74. The molecule has 2 aliphatic rings. The number of benzene rings is 1. The first-order valence-electron chi connectivity index (χ1n) is 11.3. The van der Waals surface area contributed by atoms with Crippen molar-refractivity contribution in [1.82, 2.24) is 19.9 Å². The van der Waals surface area contributed by atoms with E-state index in [-0.39, 0.29) is 23.3 Å². The number of hydrogen-bond acceptors (Lipinski definition) is 4. The summed E-state index contributed by atoms with van der Waals surface area (Å²) in [5.41, 5.74) is 4.34. The average molecular weight is 437 g/mol. The molecule has 2 heterocycles. The molecule has 2 aliphatic carbocycles. The highest BCUT2D eigenvalue weighted by Gasteiger charge is 2.23. The monoisotopic (exact) mass is 436 g/mol. The highest BCUT2D eigenvalue weighted by molar-refractivity contribution is 7.99. The molecule has 31 heavy (non-hydrogen) atoms. The number of para-hydroxylation sites is 1. The van der Waals surface area contributed by atoms with Crippen molar-refractivity contribution in [3.05, 3.63) is 51.9 Å². The second kappa shape index (κ2) is 8.91. The minimum absolute atomic E-state index is 0.0157. The molecule has 1 saturated carbocycles. The van der Waals surface area contributed by atoms with Crippen molar-refractivity contribution in [3.63, 3.8) is 0 Å². The highest BCUT2D eigenvalue weighted by atomic mass is 32.2. The zero-order valence-electron chi connectivity index (χ0n) is 17.7. The Morgan fingerprint density at radius 2 is 1.87 bits per heavy atom. The third kappa shape index (κ3) is 4.15. The predicted octanol–water partition coefficient (Wildman–Crippen LogP) is 4.13. The molecule has 0 saturated heterocycles. The molecule has 0 aliphatic heterocycles. The lowest BCUT2D eigenvalue weighted by Gasteiger charge is -2.22. The van der Waals surface area contributed by atoms with Crippen LogP contribution in [0.4, 0.5) is 0 Å². The molecule has 162 valence electrons. The van der Waals surface area contributed by atoms with E-state index in [0.29, 0.717) is 10.7 Å². The summed E-state index contributed by atoms with van der Waals surface area (Å²) in [6, 6.07) is 9.85. The molecule has 0 radical (unpaired) electrons. The van der Waals surface area contributed by atoms with Gasteiger partial charge >= 0.3 is 0 Å². The lowest BCUT2D eigenvalue weighted by atomic mass is 9.95. The van der Waals surface area contributed by atoms with E-state index in [1.165, 1.54) is 36.6 Å². The van der Waals surface area contributed by atoms with Gasteiger partial charge in [-0.1, -0.05) is 49.2 Å². The van der Waals surface area contributed by atoms with Gasteiger partial charge < -0.3 is 10.3 Å². The number of aryl methyl sites for hydroxylation is 2. The number of hydrogen-bond donors (Lipinski definition) is 2. The Morgan fingerprint density at radius 3 is 2.68 bits per heavy atom. The van der Waals surface area contributed by atoms with Crippen molar-refractivity contribution < 1.29 is 4.79 Å². The van der Waals surface area contributed by atoms with E-state index in [0.717, 1.165) is 55.4 Å². The topological polar surface area (TPSA) is 79.8 Å². The van der Waals surface area contributed by atoms with Gasteiger partial charge in [-0.3, -0.25) is 14.2 Å². The largest absolute Gasteiger partial charge is 0.353 e. The van der Waals surface area contributed by atoms with Gasteiger partial charge in [-0.15, -0.1) is 0 Å². The van der Waals surface area contributed by atoms with Crippen LogP contribution in [0.15, 0.2) is 40.3 Å². The quantitative estimate of drug-likeness (QED) is 0.465. The summed E-state index contributed by atoms with van der Waals surface area (Å²) >= 11 is 1.35. The van der Waals surface area contributed by atoms with Gasteiger partial charge in [0.1, 0.15) is 11.0 Å². The summed E-state index contributed by atoms with van der Waals surface area (Å²) in [6.45, 7) is 0. The highest BCUT2D eigenvalue weighted by Crippen LogP contribution is 2.29. The molecule has 5 rings (SSSR count). The zero-order valence-corrected chi connectivity index (χ0v) is 18.5. The number of fused-ring (bicyclic) bond motifs is 3. The van der Waals surface area contributed by atoms with Crippen LogP contribution in [0.3, 0.4) is 0 Å². The summed E-state index contributed by atoms with van der Waals surface area (Å²) in [5.74, 6) is 0.274. The van der Waals surface area contributed by atoms with E-state index >= 15 is 0 Å². The number of aromatic nitrogens is 3. The van der Waals surface area contributed by atoms with Gasteiger partial charge in [0, 0.05) is 11.7 Å². The fourth-order valence-electron chi connectivity index (χ4n) is 4.84. The summed E-state index contributed by atoms with van der Waals surface area (Å²) in [6.07, 6.45) is 9.91. The van der Waals surface area contributed by atoms with Crippen molar-refractivity contribution in [2.75, 3.05) is 5.75 Å². The van der Waals surface area contributed by atoms with Crippen LogP contribution in [0.25, 0.3) is 16.7 Å². The summed E-state index contributed by atoms with van der Waals surface area (Å²) < 4.78 is 1.64. The van der Waals surface area contributed by atoms with E-state index < -0.39 is 0 Å². The van der Waals surface area contributed by atoms with E-state index in [4.69, 9.17) is 4.98 Å². The fourth-order valence-corrected chi connectivity index (χ4v) is 5.65. The van der Waals surface area contributed by atoms with Crippen LogP contribution in [-0.4, -0.2) is 32.2 Å². The molecule has 1 fully saturated rings. The van der Waals surface area contributed by atoms with Gasteiger partial charge in [-0.25, -0.2) is 4.98 Å². The van der Waals surface area contributed by atoms with Gasteiger partial charge in [-0.05, 0) is 56.2 Å². The van der Waals surface area contributed by atoms with E-state index in [2.05, 4.69) is 10.3 Å². The molecular weight excluding hydrogens is 408 g/mol. The smallest absolute Gasteiger partial charge is 0.283 e. The summed E-state index contributed by atoms with van der Waals surface area (Å²) in [4.78, 5) is 34.4. The number of H-pyrrole nitrogens is 1. The maximum atomic E-state index is 13.5. The van der Waals surface area contributed by atoms with Crippen LogP contribution < -0.4 is 10.9 Å². The third-order valence-corrected chi connectivity index (χ3v) is 7.34. The number of aromatic amines is 1. The lowest BCUT2D eigenvalue weighted by Crippen LogP contribution is -2.37. The van der Waals surface area contributed by atoms with Gasteiger partial charge in [0.05, 0.1) is 11.4 Å². The number of carbonyl (C=O) groups is 1. The van der Waals surface area contributed by atoms with Gasteiger partial charge in [0.25, 0.3) is 5.56 Å². The van der Waals surface area contributed by atoms with Crippen LogP contribution in [0.1, 0.15) is 56.2 Å². The first kappa shape index (κ1) is 20.4. The second-order valence-corrected chi connectivity index (χ2v) is 9.52. The number of rotatable bonds is 5.